The van der Waals surface area contributed by atoms with E-state index in [9.17, 15) is 4.79 Å². The molecule has 0 saturated carbocycles. The van der Waals surface area contributed by atoms with Crippen LogP contribution in [0.15, 0.2) is 0 Å². The Kier molecular flexibility index (Phi) is 9.59. The maximum Gasteiger partial charge on any atom is 0.308 e. The van der Waals surface area contributed by atoms with Crippen molar-refractivity contribution in [2.45, 2.75) is 46.5 Å². The Labute approximate surface area is 93.1 Å². The smallest absolute Gasteiger partial charge is 0.308 e. The molecule has 0 N–H and O–H groups in total. The molecular weight excluding hydrogens is 192 g/mol. The first-order chi connectivity index (χ1) is 7.26. The molecule has 15 heavy (non-hydrogen) atoms. The van der Waals surface area contributed by atoms with E-state index in [1.54, 1.807) is 0 Å². The first-order valence-corrected chi connectivity index (χ1v) is 6.00. The van der Waals surface area contributed by atoms with Crippen molar-refractivity contribution < 1.29 is 14.3 Å². The first kappa shape index (κ1) is 14.4. The predicted octanol–water partition coefficient (Wildman–Crippen LogP) is 2.78. The number of unbranched alkanes of at least 4 members (excludes halogenated alkanes) is 1. The van der Waals surface area contributed by atoms with Gasteiger partial charge in [-0.25, -0.2) is 0 Å². The van der Waals surface area contributed by atoms with Gasteiger partial charge in [0.1, 0.15) is 6.61 Å². The van der Waals surface area contributed by atoms with Crippen LogP contribution in [0.25, 0.3) is 0 Å². The van der Waals surface area contributed by atoms with E-state index in [-0.39, 0.29) is 11.9 Å². The van der Waals surface area contributed by atoms with E-state index in [2.05, 4.69) is 6.92 Å². The normalized spacial score (nSPS) is 12.5. The molecule has 1 unspecified atom stereocenters. The third kappa shape index (κ3) is 7.37. The molecule has 3 heteroatoms. The summed E-state index contributed by atoms with van der Waals surface area (Å²) in [7, 11) is 0. The average molecular weight is 216 g/mol. The molecule has 0 aliphatic carbocycles. The highest BCUT2D eigenvalue weighted by atomic mass is 16.6. The van der Waals surface area contributed by atoms with Crippen LogP contribution in [-0.2, 0) is 14.3 Å². The molecule has 3 nitrogen and oxygen atoms in total. The van der Waals surface area contributed by atoms with Gasteiger partial charge in [-0.05, 0) is 19.8 Å². The SMILES string of the molecule is CCCCC(CC)C(=O)OCCOCC. The quantitative estimate of drug-likeness (QED) is 0.439. The second-order valence-electron chi connectivity index (χ2n) is 3.61. The molecule has 0 fully saturated rings. The number of rotatable bonds is 9. The largest absolute Gasteiger partial charge is 0.463 e. The summed E-state index contributed by atoms with van der Waals surface area (Å²) >= 11 is 0. The minimum absolute atomic E-state index is 0.0642. The molecule has 0 saturated heterocycles. The third-order valence-corrected chi connectivity index (χ3v) is 2.41. The standard InChI is InChI=1S/C12H24O3/c1-4-7-8-11(5-2)12(13)15-10-9-14-6-3/h11H,4-10H2,1-3H3. The topological polar surface area (TPSA) is 35.5 Å². The molecule has 1 atom stereocenters. The molecule has 0 radical (unpaired) electrons. The lowest BCUT2D eigenvalue weighted by Gasteiger charge is -2.13. The highest BCUT2D eigenvalue weighted by molar-refractivity contribution is 5.72. The van der Waals surface area contributed by atoms with Gasteiger partial charge in [0, 0.05) is 6.61 Å². The van der Waals surface area contributed by atoms with E-state index < -0.39 is 0 Å². The molecule has 90 valence electrons. The number of esters is 1. The molecule has 0 aromatic rings. The van der Waals surface area contributed by atoms with Crippen molar-refractivity contribution >= 4 is 5.97 Å². The fourth-order valence-corrected chi connectivity index (χ4v) is 1.40. The highest BCUT2D eigenvalue weighted by Crippen LogP contribution is 2.14. The summed E-state index contributed by atoms with van der Waals surface area (Å²) in [5.41, 5.74) is 0. The van der Waals surface area contributed by atoms with E-state index in [1.807, 2.05) is 13.8 Å². The van der Waals surface area contributed by atoms with Crippen molar-refractivity contribution in [1.82, 2.24) is 0 Å². The fraction of sp³-hybridized carbons (Fsp3) is 0.917. The van der Waals surface area contributed by atoms with Crippen LogP contribution >= 0.6 is 0 Å². The van der Waals surface area contributed by atoms with Gasteiger partial charge in [0.25, 0.3) is 0 Å². The van der Waals surface area contributed by atoms with Crippen LogP contribution < -0.4 is 0 Å². The summed E-state index contributed by atoms with van der Waals surface area (Å²) in [6.07, 6.45) is 4.04. The van der Waals surface area contributed by atoms with Crippen LogP contribution in [0.4, 0.5) is 0 Å². The van der Waals surface area contributed by atoms with Crippen molar-refractivity contribution in [3.8, 4) is 0 Å². The molecule has 0 bridgehead atoms. The summed E-state index contributed by atoms with van der Waals surface area (Å²) < 4.78 is 10.2. The van der Waals surface area contributed by atoms with Gasteiger partial charge in [0.05, 0.1) is 12.5 Å². The average Bonchev–Trinajstić information content (AvgIpc) is 2.25. The second-order valence-corrected chi connectivity index (χ2v) is 3.61. The second kappa shape index (κ2) is 9.97. The molecule has 0 aromatic carbocycles. The number of hydrogen-bond acceptors (Lipinski definition) is 3. The van der Waals surface area contributed by atoms with Crippen molar-refractivity contribution in [2.75, 3.05) is 19.8 Å². The van der Waals surface area contributed by atoms with Gasteiger partial charge >= 0.3 is 5.97 Å². The Hall–Kier alpha value is -0.570. The molecule has 0 rings (SSSR count). The minimum atomic E-state index is -0.0642. The van der Waals surface area contributed by atoms with E-state index in [0.717, 1.165) is 25.7 Å². The van der Waals surface area contributed by atoms with Crippen LogP contribution in [0.3, 0.4) is 0 Å². The summed E-state index contributed by atoms with van der Waals surface area (Å²) in [6.45, 7) is 7.65. The Morgan fingerprint density at radius 2 is 1.93 bits per heavy atom. The maximum atomic E-state index is 11.6. The van der Waals surface area contributed by atoms with Crippen molar-refractivity contribution in [3.63, 3.8) is 0 Å². The van der Waals surface area contributed by atoms with E-state index in [0.29, 0.717) is 19.8 Å². The summed E-state index contributed by atoms with van der Waals surface area (Å²) in [6, 6.07) is 0. The van der Waals surface area contributed by atoms with E-state index >= 15 is 0 Å². The molecule has 0 spiro atoms. The summed E-state index contributed by atoms with van der Waals surface area (Å²) in [5.74, 6) is 0.0113. The van der Waals surface area contributed by atoms with Gasteiger partial charge in [-0.15, -0.1) is 0 Å². The minimum Gasteiger partial charge on any atom is -0.463 e. The monoisotopic (exact) mass is 216 g/mol. The first-order valence-electron chi connectivity index (χ1n) is 6.00. The zero-order chi connectivity index (χ0) is 11.5. The Morgan fingerprint density at radius 1 is 1.20 bits per heavy atom. The summed E-state index contributed by atoms with van der Waals surface area (Å²) in [4.78, 5) is 11.6. The third-order valence-electron chi connectivity index (χ3n) is 2.41. The molecule has 0 aromatic heterocycles. The number of carbonyl (C=O) groups is 1. The van der Waals surface area contributed by atoms with Gasteiger partial charge in [0.15, 0.2) is 0 Å². The number of carbonyl (C=O) groups excluding carboxylic acids is 1. The number of ether oxygens (including phenoxy) is 2. The van der Waals surface area contributed by atoms with Crippen LogP contribution in [-0.4, -0.2) is 25.8 Å². The van der Waals surface area contributed by atoms with Gasteiger partial charge in [-0.3, -0.25) is 4.79 Å². The van der Waals surface area contributed by atoms with Crippen LogP contribution in [0.1, 0.15) is 46.5 Å². The molecule has 0 amide bonds. The lowest BCUT2D eigenvalue weighted by Crippen LogP contribution is -2.19. The summed E-state index contributed by atoms with van der Waals surface area (Å²) in [5, 5.41) is 0. The van der Waals surface area contributed by atoms with Gasteiger partial charge < -0.3 is 9.47 Å². The Balaban J connectivity index is 3.63. The zero-order valence-electron chi connectivity index (χ0n) is 10.3. The Morgan fingerprint density at radius 3 is 2.47 bits per heavy atom. The lowest BCUT2D eigenvalue weighted by molar-refractivity contribution is -0.150. The van der Waals surface area contributed by atoms with Gasteiger partial charge in [0.2, 0.25) is 0 Å². The molecule has 0 heterocycles. The maximum absolute atomic E-state index is 11.6. The van der Waals surface area contributed by atoms with Crippen LogP contribution in [0, 0.1) is 5.92 Å². The number of hydrogen-bond donors (Lipinski definition) is 0. The molecule has 0 aliphatic rings. The van der Waals surface area contributed by atoms with Crippen LogP contribution in [0.5, 0.6) is 0 Å². The predicted molar refractivity (Wildman–Crippen MR) is 60.8 cm³/mol. The highest BCUT2D eigenvalue weighted by Gasteiger charge is 2.16. The molecule has 0 aliphatic heterocycles. The zero-order valence-corrected chi connectivity index (χ0v) is 10.3. The lowest BCUT2D eigenvalue weighted by atomic mass is 10.00. The van der Waals surface area contributed by atoms with Gasteiger partial charge in [-0.1, -0.05) is 26.7 Å². The van der Waals surface area contributed by atoms with Crippen molar-refractivity contribution in [1.29, 1.82) is 0 Å². The van der Waals surface area contributed by atoms with Gasteiger partial charge in [-0.2, -0.15) is 0 Å². The Bertz CT molecular complexity index is 157. The van der Waals surface area contributed by atoms with Crippen molar-refractivity contribution in [3.05, 3.63) is 0 Å². The van der Waals surface area contributed by atoms with E-state index in [4.69, 9.17) is 9.47 Å². The van der Waals surface area contributed by atoms with Crippen LogP contribution in [0.2, 0.25) is 0 Å². The molecular formula is C12H24O3. The van der Waals surface area contributed by atoms with Crippen molar-refractivity contribution in [2.24, 2.45) is 5.92 Å². The fourth-order valence-electron chi connectivity index (χ4n) is 1.40. The van der Waals surface area contributed by atoms with E-state index in [1.165, 1.54) is 0 Å².